The van der Waals surface area contributed by atoms with Gasteiger partial charge >= 0.3 is 6.01 Å². The Morgan fingerprint density at radius 1 is 1.29 bits per heavy atom. The van der Waals surface area contributed by atoms with Crippen LogP contribution < -0.4 is 15.4 Å². The highest BCUT2D eigenvalue weighted by Gasteiger charge is 2.16. The molecule has 21 heavy (non-hydrogen) atoms. The minimum Gasteiger partial charge on any atom is -0.421 e. The predicted molar refractivity (Wildman–Crippen MR) is 75.2 cm³/mol. The molecule has 3 heterocycles. The van der Waals surface area contributed by atoms with Crippen LogP contribution in [0, 0.1) is 0 Å². The number of aryl methyl sites for hydroxylation is 1. The number of anilines is 2. The summed E-state index contributed by atoms with van der Waals surface area (Å²) in [5, 5.41) is 4.13. The number of nitrogens with zero attached hydrogens (tertiary/aromatic N) is 6. The van der Waals surface area contributed by atoms with E-state index in [-0.39, 0.29) is 12.0 Å². The summed E-state index contributed by atoms with van der Waals surface area (Å²) in [6, 6.07) is 0.166. The second-order valence-electron chi connectivity index (χ2n) is 4.51. The number of hydrogen-bond acceptors (Lipinski definition) is 8. The first-order valence-electron chi connectivity index (χ1n) is 6.79. The number of rotatable bonds is 4. The fourth-order valence-electron chi connectivity index (χ4n) is 1.99. The van der Waals surface area contributed by atoms with E-state index in [1.165, 1.54) is 0 Å². The van der Waals surface area contributed by atoms with E-state index in [2.05, 4.69) is 20.1 Å². The van der Waals surface area contributed by atoms with Crippen LogP contribution in [0.5, 0.6) is 11.8 Å². The summed E-state index contributed by atoms with van der Waals surface area (Å²) in [6.45, 7) is 5.49. The van der Waals surface area contributed by atoms with E-state index >= 15 is 0 Å². The van der Waals surface area contributed by atoms with E-state index in [1.807, 2.05) is 11.8 Å². The molecule has 0 atom stereocenters. The van der Waals surface area contributed by atoms with Gasteiger partial charge in [0.25, 0.3) is 0 Å². The molecule has 0 bridgehead atoms. The van der Waals surface area contributed by atoms with Crippen molar-refractivity contribution in [3.05, 3.63) is 12.4 Å². The lowest BCUT2D eigenvalue weighted by molar-refractivity contribution is 0.122. The van der Waals surface area contributed by atoms with Gasteiger partial charge in [0, 0.05) is 19.6 Å². The van der Waals surface area contributed by atoms with Gasteiger partial charge in [0.05, 0.1) is 25.6 Å². The predicted octanol–water partition coefficient (Wildman–Crippen LogP) is 0.299. The summed E-state index contributed by atoms with van der Waals surface area (Å²) in [5.74, 6) is 1.20. The molecule has 0 radical (unpaired) electrons. The first kappa shape index (κ1) is 13.6. The highest BCUT2D eigenvalue weighted by Crippen LogP contribution is 2.20. The van der Waals surface area contributed by atoms with Gasteiger partial charge in [-0.15, -0.1) is 0 Å². The third-order valence-corrected chi connectivity index (χ3v) is 3.06. The molecule has 9 heteroatoms. The molecule has 2 aromatic heterocycles. The van der Waals surface area contributed by atoms with Gasteiger partial charge in [-0.1, -0.05) is 0 Å². The zero-order valence-corrected chi connectivity index (χ0v) is 11.8. The van der Waals surface area contributed by atoms with Gasteiger partial charge in [0.1, 0.15) is 0 Å². The molecule has 0 aromatic carbocycles. The Labute approximate surface area is 121 Å². The molecule has 2 aromatic rings. The summed E-state index contributed by atoms with van der Waals surface area (Å²) in [5.41, 5.74) is 5.73. The fourth-order valence-corrected chi connectivity index (χ4v) is 1.99. The Morgan fingerprint density at radius 2 is 2.10 bits per heavy atom. The van der Waals surface area contributed by atoms with Gasteiger partial charge < -0.3 is 20.1 Å². The summed E-state index contributed by atoms with van der Waals surface area (Å²) in [7, 11) is 0. The number of nitrogen functional groups attached to an aromatic ring is 1. The second kappa shape index (κ2) is 5.92. The van der Waals surface area contributed by atoms with Crippen LogP contribution in [0.25, 0.3) is 0 Å². The van der Waals surface area contributed by atoms with Gasteiger partial charge in [-0.3, -0.25) is 4.68 Å². The van der Waals surface area contributed by atoms with Crippen molar-refractivity contribution in [3.63, 3.8) is 0 Å². The Kier molecular flexibility index (Phi) is 3.82. The van der Waals surface area contributed by atoms with Gasteiger partial charge in [-0.2, -0.15) is 20.1 Å². The van der Waals surface area contributed by atoms with Crippen molar-refractivity contribution in [2.24, 2.45) is 0 Å². The fraction of sp³-hybridized carbons (Fsp3) is 0.500. The maximum Gasteiger partial charge on any atom is 0.328 e. The van der Waals surface area contributed by atoms with Gasteiger partial charge in [0.2, 0.25) is 11.9 Å². The third kappa shape index (κ3) is 3.19. The second-order valence-corrected chi connectivity index (χ2v) is 4.51. The molecule has 1 aliphatic rings. The van der Waals surface area contributed by atoms with Crippen LogP contribution in [0.15, 0.2) is 12.4 Å². The minimum atomic E-state index is 0.129. The molecule has 0 saturated carbocycles. The molecule has 0 unspecified atom stereocenters. The first-order valence-corrected chi connectivity index (χ1v) is 6.79. The van der Waals surface area contributed by atoms with E-state index in [0.29, 0.717) is 24.9 Å². The Hall–Kier alpha value is -2.42. The topological polar surface area (TPSA) is 104 Å². The van der Waals surface area contributed by atoms with Crippen LogP contribution in [-0.4, -0.2) is 51.0 Å². The quantitative estimate of drug-likeness (QED) is 0.857. The highest BCUT2D eigenvalue weighted by molar-refractivity contribution is 5.37. The summed E-state index contributed by atoms with van der Waals surface area (Å²) >= 11 is 0. The largest absolute Gasteiger partial charge is 0.421 e. The molecule has 0 amide bonds. The van der Waals surface area contributed by atoms with Crippen LogP contribution >= 0.6 is 0 Å². The van der Waals surface area contributed by atoms with E-state index in [1.54, 1.807) is 17.1 Å². The van der Waals surface area contributed by atoms with Crippen molar-refractivity contribution in [1.29, 1.82) is 0 Å². The van der Waals surface area contributed by atoms with Crippen molar-refractivity contribution >= 4 is 11.9 Å². The normalized spacial score (nSPS) is 15.2. The Morgan fingerprint density at radius 3 is 2.81 bits per heavy atom. The molecule has 3 rings (SSSR count). The Bertz CT molecular complexity index is 609. The van der Waals surface area contributed by atoms with Crippen molar-refractivity contribution in [2.45, 2.75) is 13.5 Å². The average molecular weight is 291 g/mol. The monoisotopic (exact) mass is 291 g/mol. The first-order chi connectivity index (χ1) is 10.2. The highest BCUT2D eigenvalue weighted by atomic mass is 16.5. The molecule has 0 spiro atoms. The molecule has 0 aliphatic carbocycles. The molecule has 1 fully saturated rings. The maximum absolute atomic E-state index is 5.73. The molecule has 112 valence electrons. The molecule has 1 aliphatic heterocycles. The van der Waals surface area contributed by atoms with Gasteiger partial charge in [0.15, 0.2) is 5.75 Å². The SMILES string of the molecule is CCn1cc(Oc2nc(N)nc(N3CCOCC3)n2)cn1. The van der Waals surface area contributed by atoms with E-state index in [0.717, 1.165) is 19.6 Å². The minimum absolute atomic E-state index is 0.129. The average Bonchev–Trinajstić information content (AvgIpc) is 2.95. The van der Waals surface area contributed by atoms with Gasteiger partial charge in [-0.05, 0) is 6.92 Å². The van der Waals surface area contributed by atoms with Crippen molar-refractivity contribution < 1.29 is 9.47 Å². The number of morpholine rings is 1. The zero-order chi connectivity index (χ0) is 14.7. The van der Waals surface area contributed by atoms with Crippen molar-refractivity contribution in [1.82, 2.24) is 24.7 Å². The number of aromatic nitrogens is 5. The van der Waals surface area contributed by atoms with E-state index < -0.39 is 0 Å². The van der Waals surface area contributed by atoms with Crippen molar-refractivity contribution in [2.75, 3.05) is 36.9 Å². The zero-order valence-electron chi connectivity index (χ0n) is 11.8. The van der Waals surface area contributed by atoms with E-state index in [4.69, 9.17) is 15.2 Å². The molecule has 1 saturated heterocycles. The molecular weight excluding hydrogens is 274 g/mol. The molecule has 9 nitrogen and oxygen atoms in total. The number of hydrogen-bond donors (Lipinski definition) is 1. The summed E-state index contributed by atoms with van der Waals surface area (Å²) in [4.78, 5) is 14.4. The summed E-state index contributed by atoms with van der Waals surface area (Å²) in [6.07, 6.45) is 3.38. The lowest BCUT2D eigenvalue weighted by Crippen LogP contribution is -2.37. The van der Waals surface area contributed by atoms with E-state index in [9.17, 15) is 0 Å². The van der Waals surface area contributed by atoms with Crippen LogP contribution in [0.1, 0.15) is 6.92 Å². The Balaban J connectivity index is 1.79. The standard InChI is InChI=1S/C12H17N7O2/c1-2-19-8-9(7-14-19)21-12-16-10(13)15-11(17-12)18-3-5-20-6-4-18/h7-8H,2-6H2,1H3,(H2,13,15,16,17). The lowest BCUT2D eigenvalue weighted by atomic mass is 10.4. The third-order valence-electron chi connectivity index (χ3n) is 3.06. The van der Waals surface area contributed by atoms with Gasteiger partial charge in [-0.25, -0.2) is 0 Å². The van der Waals surface area contributed by atoms with Crippen LogP contribution in [0.4, 0.5) is 11.9 Å². The molecular formula is C12H17N7O2. The number of ether oxygens (including phenoxy) is 2. The summed E-state index contributed by atoms with van der Waals surface area (Å²) < 4.78 is 12.6. The van der Waals surface area contributed by atoms with Crippen molar-refractivity contribution in [3.8, 4) is 11.8 Å². The van der Waals surface area contributed by atoms with Crippen LogP contribution in [-0.2, 0) is 11.3 Å². The maximum atomic E-state index is 5.73. The smallest absolute Gasteiger partial charge is 0.328 e. The number of nitrogens with two attached hydrogens (primary N) is 1. The lowest BCUT2D eigenvalue weighted by Gasteiger charge is -2.26. The molecule has 2 N–H and O–H groups in total. The van der Waals surface area contributed by atoms with Crippen LogP contribution in [0.2, 0.25) is 0 Å². The van der Waals surface area contributed by atoms with Crippen LogP contribution in [0.3, 0.4) is 0 Å².